The largest absolute Gasteiger partial charge is 0.316 e. The highest BCUT2D eigenvalue weighted by atomic mass is 32.1. The third kappa shape index (κ3) is 2.49. The number of nitrogens with zero attached hydrogens (tertiary/aromatic N) is 5. The molecule has 5 heterocycles. The molecule has 4 aromatic heterocycles. The molecular formula is C21H22N6S. The second-order valence-electron chi connectivity index (χ2n) is 8.45. The van der Waals surface area contributed by atoms with Crippen molar-refractivity contribution in [2.75, 3.05) is 13.1 Å². The van der Waals surface area contributed by atoms with Gasteiger partial charge in [0.25, 0.3) is 0 Å². The predicted octanol–water partition coefficient (Wildman–Crippen LogP) is 3.87. The van der Waals surface area contributed by atoms with Gasteiger partial charge >= 0.3 is 0 Å². The maximum Gasteiger partial charge on any atom is 0.142 e. The van der Waals surface area contributed by atoms with Gasteiger partial charge in [0.1, 0.15) is 21.7 Å². The maximum atomic E-state index is 4.89. The molecule has 0 amide bonds. The Morgan fingerprint density at radius 3 is 2.89 bits per heavy atom. The zero-order valence-electron chi connectivity index (χ0n) is 16.1. The van der Waals surface area contributed by atoms with Crippen LogP contribution in [0.25, 0.3) is 27.3 Å². The van der Waals surface area contributed by atoms with Crippen LogP contribution in [-0.2, 0) is 0 Å². The number of thiophene rings is 1. The van der Waals surface area contributed by atoms with Crippen LogP contribution >= 0.6 is 11.3 Å². The number of aryl methyl sites for hydroxylation is 2. The molecule has 0 aromatic carbocycles. The van der Waals surface area contributed by atoms with Crippen molar-refractivity contribution in [3.8, 4) is 11.4 Å². The molecule has 6 rings (SSSR count). The summed E-state index contributed by atoms with van der Waals surface area (Å²) < 4.78 is 1.89. The van der Waals surface area contributed by atoms with Gasteiger partial charge in [0.05, 0.1) is 29.3 Å². The normalized spacial score (nSPS) is 24.4. The summed E-state index contributed by atoms with van der Waals surface area (Å²) in [6.45, 7) is 6.37. The van der Waals surface area contributed by atoms with Gasteiger partial charge in [-0.2, -0.15) is 5.10 Å². The smallest absolute Gasteiger partial charge is 0.142 e. The Labute approximate surface area is 167 Å². The summed E-state index contributed by atoms with van der Waals surface area (Å²) in [5, 5.41) is 8.22. The van der Waals surface area contributed by atoms with Gasteiger partial charge in [0, 0.05) is 11.4 Å². The highest BCUT2D eigenvalue weighted by Gasteiger charge is 2.46. The fourth-order valence-corrected chi connectivity index (χ4v) is 5.99. The van der Waals surface area contributed by atoms with Gasteiger partial charge in [0.15, 0.2) is 0 Å². The zero-order chi connectivity index (χ0) is 18.9. The van der Waals surface area contributed by atoms with Gasteiger partial charge in [-0.25, -0.2) is 9.50 Å². The third-order valence-corrected chi connectivity index (χ3v) is 7.56. The third-order valence-electron chi connectivity index (χ3n) is 6.38. The summed E-state index contributed by atoms with van der Waals surface area (Å²) in [5.41, 5.74) is 6.19. The molecule has 1 saturated carbocycles. The number of hydrogen-bond acceptors (Lipinski definition) is 6. The molecule has 7 heteroatoms. The molecule has 2 fully saturated rings. The lowest BCUT2D eigenvalue weighted by Gasteiger charge is -2.44. The van der Waals surface area contributed by atoms with E-state index in [1.165, 1.54) is 37.2 Å². The molecule has 4 aromatic rings. The number of aromatic nitrogens is 5. The van der Waals surface area contributed by atoms with Gasteiger partial charge in [-0.05, 0) is 63.1 Å². The van der Waals surface area contributed by atoms with Crippen LogP contribution in [-0.4, -0.2) is 37.7 Å². The predicted molar refractivity (Wildman–Crippen MR) is 111 cm³/mol. The Bertz CT molecular complexity index is 1210. The molecule has 28 heavy (non-hydrogen) atoms. The Hall–Kier alpha value is -2.38. The van der Waals surface area contributed by atoms with Crippen molar-refractivity contribution in [1.82, 2.24) is 29.9 Å². The Morgan fingerprint density at radius 2 is 2.07 bits per heavy atom. The Morgan fingerprint density at radius 1 is 1.18 bits per heavy atom. The van der Waals surface area contributed by atoms with E-state index >= 15 is 0 Å². The minimum atomic E-state index is 0.563. The summed E-state index contributed by atoms with van der Waals surface area (Å²) in [5.74, 6) is 0.677. The summed E-state index contributed by atoms with van der Waals surface area (Å²) in [4.78, 5) is 16.6. The van der Waals surface area contributed by atoms with E-state index in [0.717, 1.165) is 38.6 Å². The van der Waals surface area contributed by atoms with Crippen LogP contribution in [0.2, 0.25) is 0 Å². The van der Waals surface area contributed by atoms with E-state index < -0.39 is 0 Å². The lowest BCUT2D eigenvalue weighted by molar-refractivity contribution is 0.129. The van der Waals surface area contributed by atoms with E-state index in [9.17, 15) is 0 Å². The van der Waals surface area contributed by atoms with Crippen molar-refractivity contribution in [2.45, 2.75) is 39.0 Å². The van der Waals surface area contributed by atoms with Gasteiger partial charge in [-0.3, -0.25) is 9.97 Å². The number of fused-ring (bicyclic) bond motifs is 2. The van der Waals surface area contributed by atoms with Crippen molar-refractivity contribution in [2.24, 2.45) is 5.41 Å². The van der Waals surface area contributed by atoms with Crippen LogP contribution < -0.4 is 5.32 Å². The topological polar surface area (TPSA) is 68.0 Å². The van der Waals surface area contributed by atoms with Crippen LogP contribution in [0.1, 0.15) is 41.4 Å². The highest BCUT2D eigenvalue weighted by Crippen LogP contribution is 2.55. The molecule has 0 bridgehead atoms. The fourth-order valence-electron chi connectivity index (χ4n) is 4.90. The molecule has 6 nitrogen and oxygen atoms in total. The molecule has 1 aliphatic heterocycles. The maximum absolute atomic E-state index is 4.89. The van der Waals surface area contributed by atoms with Crippen molar-refractivity contribution in [3.63, 3.8) is 0 Å². The van der Waals surface area contributed by atoms with E-state index in [0.29, 0.717) is 11.3 Å². The van der Waals surface area contributed by atoms with Crippen LogP contribution in [0.4, 0.5) is 0 Å². The molecule has 1 aliphatic carbocycles. The van der Waals surface area contributed by atoms with E-state index in [1.54, 1.807) is 11.3 Å². The summed E-state index contributed by atoms with van der Waals surface area (Å²) in [6, 6.07) is 4.30. The minimum Gasteiger partial charge on any atom is -0.316 e. The first-order chi connectivity index (χ1) is 13.6. The second-order valence-corrected chi connectivity index (χ2v) is 9.52. The molecule has 2 aliphatic rings. The first kappa shape index (κ1) is 16.6. The Kier molecular flexibility index (Phi) is 3.44. The van der Waals surface area contributed by atoms with E-state index in [2.05, 4.69) is 27.4 Å². The van der Waals surface area contributed by atoms with Crippen LogP contribution in [0.15, 0.2) is 24.5 Å². The number of nitrogens with one attached hydrogen (secondary N) is 1. The molecule has 1 saturated heterocycles. The Balaban J connectivity index is 1.34. The molecule has 0 atom stereocenters. The van der Waals surface area contributed by atoms with Crippen LogP contribution in [0, 0.1) is 19.3 Å². The average Bonchev–Trinajstić information content (AvgIpc) is 3.36. The standard InChI is InChI=1S/C21H22N6S/c1-12-10-27-18(13(2)24-12)5-15(26-27)17-9-23-16-6-19(28-20(16)25-17)14-7-21(8-14)3-4-22-11-21/h5-6,9-10,14,22H,3-4,7-8,11H2,1-2H3. The van der Waals surface area contributed by atoms with Gasteiger partial charge in [0.2, 0.25) is 0 Å². The second kappa shape index (κ2) is 5.81. The highest BCUT2D eigenvalue weighted by molar-refractivity contribution is 7.18. The summed E-state index contributed by atoms with van der Waals surface area (Å²) in [6.07, 6.45) is 7.73. The summed E-state index contributed by atoms with van der Waals surface area (Å²) in [7, 11) is 0. The number of hydrogen-bond donors (Lipinski definition) is 1. The average molecular weight is 391 g/mol. The van der Waals surface area contributed by atoms with Crippen LogP contribution in [0.5, 0.6) is 0 Å². The molecule has 1 N–H and O–H groups in total. The van der Waals surface area contributed by atoms with Crippen molar-refractivity contribution in [3.05, 3.63) is 40.8 Å². The van der Waals surface area contributed by atoms with E-state index in [4.69, 9.17) is 10.1 Å². The quantitative estimate of drug-likeness (QED) is 0.563. The monoisotopic (exact) mass is 390 g/mol. The van der Waals surface area contributed by atoms with Gasteiger partial charge in [-0.15, -0.1) is 11.3 Å². The van der Waals surface area contributed by atoms with Crippen molar-refractivity contribution < 1.29 is 0 Å². The van der Waals surface area contributed by atoms with Crippen molar-refractivity contribution in [1.29, 1.82) is 0 Å². The summed E-state index contributed by atoms with van der Waals surface area (Å²) >= 11 is 1.80. The zero-order valence-corrected chi connectivity index (χ0v) is 16.9. The molecular weight excluding hydrogens is 368 g/mol. The van der Waals surface area contributed by atoms with E-state index in [-0.39, 0.29) is 0 Å². The molecule has 0 radical (unpaired) electrons. The van der Waals surface area contributed by atoms with Crippen LogP contribution in [0.3, 0.4) is 0 Å². The molecule has 1 spiro atoms. The SMILES string of the molecule is Cc1cn2nc(-c3cnc4cc(C5CC6(CCNC6)C5)sc4n3)cc2c(C)n1. The first-order valence-corrected chi connectivity index (χ1v) is 10.7. The first-order valence-electron chi connectivity index (χ1n) is 9.90. The minimum absolute atomic E-state index is 0.563. The lowest BCUT2D eigenvalue weighted by Crippen LogP contribution is -2.37. The molecule has 0 unspecified atom stereocenters. The number of rotatable bonds is 2. The van der Waals surface area contributed by atoms with Gasteiger partial charge < -0.3 is 5.32 Å². The van der Waals surface area contributed by atoms with E-state index in [1.807, 2.05) is 30.8 Å². The fraction of sp³-hybridized carbons (Fsp3) is 0.429. The lowest BCUT2D eigenvalue weighted by atomic mass is 9.61. The van der Waals surface area contributed by atoms with Gasteiger partial charge in [-0.1, -0.05) is 0 Å². The van der Waals surface area contributed by atoms with Crippen molar-refractivity contribution >= 4 is 27.2 Å². The molecule has 142 valence electrons.